The van der Waals surface area contributed by atoms with Crippen LogP contribution in [0, 0.1) is 5.41 Å². The van der Waals surface area contributed by atoms with Gasteiger partial charge in [0.2, 0.25) is 0 Å². The van der Waals surface area contributed by atoms with Crippen molar-refractivity contribution >= 4 is 23.5 Å². The minimum atomic E-state index is -0.984. The molecule has 3 N–H and O–H groups in total. The average molecular weight is 312 g/mol. The minimum Gasteiger partial charge on any atom is -0.507 e. The summed E-state index contributed by atoms with van der Waals surface area (Å²) in [5, 5.41) is 22.2. The standard InChI is InChI=1S/C15H18ClNO4/c1-15(14(20)21)7-3-2-4-12(15)17-13(19)10-8-9(16)5-6-11(10)18/h5-6,8,12,18H,2-4,7H2,1H3,(H,17,19)(H,20,21). The van der Waals surface area contributed by atoms with Gasteiger partial charge in [-0.05, 0) is 38.0 Å². The van der Waals surface area contributed by atoms with Crippen molar-refractivity contribution in [2.24, 2.45) is 5.41 Å². The lowest BCUT2D eigenvalue weighted by Gasteiger charge is -2.38. The Kier molecular flexibility index (Phi) is 4.42. The first kappa shape index (κ1) is 15.6. The van der Waals surface area contributed by atoms with Gasteiger partial charge in [0.25, 0.3) is 5.91 Å². The van der Waals surface area contributed by atoms with Gasteiger partial charge in [0.05, 0.1) is 11.0 Å². The fourth-order valence-electron chi connectivity index (χ4n) is 2.75. The summed E-state index contributed by atoms with van der Waals surface area (Å²) < 4.78 is 0. The first-order valence-electron chi connectivity index (χ1n) is 6.87. The van der Waals surface area contributed by atoms with Gasteiger partial charge in [-0.15, -0.1) is 0 Å². The molecule has 0 aliphatic heterocycles. The van der Waals surface area contributed by atoms with Crippen molar-refractivity contribution in [1.29, 1.82) is 0 Å². The highest BCUT2D eigenvalue weighted by molar-refractivity contribution is 6.31. The number of rotatable bonds is 3. The predicted octanol–water partition coefficient (Wildman–Crippen LogP) is 2.81. The molecule has 2 rings (SSSR count). The molecule has 2 unspecified atom stereocenters. The van der Waals surface area contributed by atoms with Crippen molar-refractivity contribution in [1.82, 2.24) is 5.32 Å². The molecule has 5 nitrogen and oxygen atoms in total. The molecule has 114 valence electrons. The SMILES string of the molecule is CC1(C(=O)O)CCCCC1NC(=O)c1cc(Cl)ccc1O. The number of halogens is 1. The zero-order chi connectivity index (χ0) is 15.6. The molecule has 0 heterocycles. The molecule has 0 radical (unpaired) electrons. The maximum absolute atomic E-state index is 12.3. The molecule has 0 bridgehead atoms. The van der Waals surface area contributed by atoms with E-state index in [2.05, 4.69) is 5.32 Å². The lowest BCUT2D eigenvalue weighted by atomic mass is 9.71. The molecule has 1 saturated carbocycles. The number of hydrogen-bond acceptors (Lipinski definition) is 3. The molecule has 1 fully saturated rings. The Morgan fingerprint density at radius 3 is 2.76 bits per heavy atom. The summed E-state index contributed by atoms with van der Waals surface area (Å²) >= 11 is 5.82. The summed E-state index contributed by atoms with van der Waals surface area (Å²) in [6.07, 6.45) is 2.83. The largest absolute Gasteiger partial charge is 0.507 e. The highest BCUT2D eigenvalue weighted by Crippen LogP contribution is 2.36. The van der Waals surface area contributed by atoms with E-state index in [1.807, 2.05) is 0 Å². The molecule has 0 aromatic heterocycles. The monoisotopic (exact) mass is 311 g/mol. The average Bonchev–Trinajstić information content (AvgIpc) is 2.43. The second-order valence-electron chi connectivity index (χ2n) is 5.66. The Hall–Kier alpha value is -1.75. The number of carbonyl (C=O) groups is 2. The Bertz CT molecular complexity index is 575. The number of nitrogens with one attached hydrogen (secondary N) is 1. The predicted molar refractivity (Wildman–Crippen MR) is 78.6 cm³/mol. The molecule has 1 aromatic rings. The minimum absolute atomic E-state index is 0.0563. The molecule has 1 aliphatic carbocycles. The normalized spacial score (nSPS) is 25.3. The number of benzene rings is 1. The molecule has 2 atom stereocenters. The van der Waals surface area contributed by atoms with Crippen LogP contribution in [0.2, 0.25) is 5.02 Å². The third-order valence-corrected chi connectivity index (χ3v) is 4.44. The van der Waals surface area contributed by atoms with Crippen LogP contribution in [-0.4, -0.2) is 28.1 Å². The van der Waals surface area contributed by atoms with Gasteiger partial charge >= 0.3 is 5.97 Å². The van der Waals surface area contributed by atoms with E-state index in [0.717, 1.165) is 12.8 Å². The van der Waals surface area contributed by atoms with E-state index in [1.165, 1.54) is 18.2 Å². The van der Waals surface area contributed by atoms with Crippen molar-refractivity contribution in [3.05, 3.63) is 28.8 Å². The first-order valence-corrected chi connectivity index (χ1v) is 7.25. The molecular formula is C15H18ClNO4. The third kappa shape index (κ3) is 3.13. The number of aromatic hydroxyl groups is 1. The second kappa shape index (κ2) is 5.93. The van der Waals surface area contributed by atoms with Crippen LogP contribution in [0.1, 0.15) is 43.0 Å². The lowest BCUT2D eigenvalue weighted by Crippen LogP contribution is -2.52. The summed E-state index contributed by atoms with van der Waals surface area (Å²) in [4.78, 5) is 23.8. The van der Waals surface area contributed by atoms with Gasteiger partial charge in [-0.2, -0.15) is 0 Å². The van der Waals surface area contributed by atoms with Gasteiger partial charge in [-0.1, -0.05) is 24.4 Å². The molecule has 1 aliphatic rings. The van der Waals surface area contributed by atoms with Crippen LogP contribution in [0.25, 0.3) is 0 Å². The summed E-state index contributed by atoms with van der Waals surface area (Å²) in [5.41, 5.74) is -0.928. The zero-order valence-electron chi connectivity index (χ0n) is 11.7. The lowest BCUT2D eigenvalue weighted by molar-refractivity contribution is -0.151. The number of carbonyl (C=O) groups excluding carboxylic acids is 1. The first-order chi connectivity index (χ1) is 9.84. The Morgan fingerprint density at radius 2 is 2.10 bits per heavy atom. The highest BCUT2D eigenvalue weighted by Gasteiger charge is 2.44. The van der Waals surface area contributed by atoms with Crippen molar-refractivity contribution in [2.45, 2.75) is 38.6 Å². The zero-order valence-corrected chi connectivity index (χ0v) is 12.5. The third-order valence-electron chi connectivity index (χ3n) is 4.21. The quantitative estimate of drug-likeness (QED) is 0.801. The van der Waals surface area contributed by atoms with Crippen LogP contribution in [0.4, 0.5) is 0 Å². The van der Waals surface area contributed by atoms with E-state index in [-0.39, 0.29) is 11.3 Å². The molecule has 0 saturated heterocycles. The van der Waals surface area contributed by atoms with Gasteiger partial charge in [0.1, 0.15) is 5.75 Å². The van der Waals surface area contributed by atoms with Gasteiger partial charge in [-0.25, -0.2) is 0 Å². The molecule has 6 heteroatoms. The summed E-state index contributed by atoms with van der Waals surface area (Å²) in [6.45, 7) is 1.65. The van der Waals surface area contributed by atoms with Crippen LogP contribution in [0.3, 0.4) is 0 Å². The Morgan fingerprint density at radius 1 is 1.38 bits per heavy atom. The van der Waals surface area contributed by atoms with Crippen LogP contribution in [0.15, 0.2) is 18.2 Å². The van der Waals surface area contributed by atoms with Gasteiger partial charge in [0, 0.05) is 11.1 Å². The number of carboxylic acid groups (broad SMARTS) is 1. The van der Waals surface area contributed by atoms with E-state index < -0.39 is 23.3 Å². The van der Waals surface area contributed by atoms with Crippen LogP contribution in [0.5, 0.6) is 5.75 Å². The molecular weight excluding hydrogens is 294 g/mol. The highest BCUT2D eigenvalue weighted by atomic mass is 35.5. The maximum Gasteiger partial charge on any atom is 0.311 e. The van der Waals surface area contributed by atoms with Gasteiger partial charge < -0.3 is 15.5 Å². The van der Waals surface area contributed by atoms with E-state index >= 15 is 0 Å². The van der Waals surface area contributed by atoms with Crippen molar-refractivity contribution in [3.63, 3.8) is 0 Å². The number of carboxylic acids is 1. The van der Waals surface area contributed by atoms with Crippen LogP contribution < -0.4 is 5.32 Å². The maximum atomic E-state index is 12.3. The van der Waals surface area contributed by atoms with Crippen LogP contribution in [-0.2, 0) is 4.79 Å². The molecule has 0 spiro atoms. The topological polar surface area (TPSA) is 86.6 Å². The number of hydrogen-bond donors (Lipinski definition) is 3. The Labute approximate surface area is 127 Å². The number of aliphatic carboxylic acids is 1. The number of phenolic OH excluding ortho intramolecular Hbond substituents is 1. The molecule has 1 amide bonds. The van der Waals surface area contributed by atoms with E-state index in [9.17, 15) is 19.8 Å². The summed E-state index contributed by atoms with van der Waals surface area (Å²) in [7, 11) is 0. The van der Waals surface area contributed by atoms with Crippen molar-refractivity contribution in [3.8, 4) is 5.75 Å². The van der Waals surface area contributed by atoms with E-state index in [1.54, 1.807) is 6.92 Å². The van der Waals surface area contributed by atoms with Crippen molar-refractivity contribution in [2.75, 3.05) is 0 Å². The van der Waals surface area contributed by atoms with Crippen LogP contribution >= 0.6 is 11.6 Å². The number of amides is 1. The Balaban J connectivity index is 2.21. The summed E-state index contributed by atoms with van der Waals surface area (Å²) in [5.74, 6) is -1.60. The molecule has 21 heavy (non-hydrogen) atoms. The fourth-order valence-corrected chi connectivity index (χ4v) is 2.92. The van der Waals surface area contributed by atoms with Crippen molar-refractivity contribution < 1.29 is 19.8 Å². The number of phenols is 1. The fraction of sp³-hybridized carbons (Fsp3) is 0.467. The smallest absolute Gasteiger partial charge is 0.311 e. The van der Waals surface area contributed by atoms with Gasteiger partial charge in [0.15, 0.2) is 0 Å². The molecule has 1 aromatic carbocycles. The van der Waals surface area contributed by atoms with Gasteiger partial charge in [-0.3, -0.25) is 9.59 Å². The van der Waals surface area contributed by atoms with E-state index in [4.69, 9.17) is 11.6 Å². The second-order valence-corrected chi connectivity index (χ2v) is 6.09. The summed E-state index contributed by atoms with van der Waals surface area (Å²) in [6, 6.07) is 3.73. The van der Waals surface area contributed by atoms with E-state index in [0.29, 0.717) is 17.9 Å².